The summed E-state index contributed by atoms with van der Waals surface area (Å²) in [6, 6.07) is 3.10. The van der Waals surface area contributed by atoms with E-state index < -0.39 is 25.7 Å². The molecule has 0 saturated carbocycles. The van der Waals surface area contributed by atoms with Crippen LogP contribution in [0.15, 0.2) is 28.0 Å². The van der Waals surface area contributed by atoms with Crippen LogP contribution in [0.25, 0.3) is 0 Å². The van der Waals surface area contributed by atoms with Crippen LogP contribution in [0.5, 0.6) is 0 Å². The van der Waals surface area contributed by atoms with Gasteiger partial charge in [-0.1, -0.05) is 6.07 Å². The molecule has 90 valence electrons. The van der Waals surface area contributed by atoms with Gasteiger partial charge < -0.3 is 0 Å². The molecule has 2 nitrogen and oxygen atoms in total. The van der Waals surface area contributed by atoms with E-state index in [1.54, 1.807) is 0 Å². The molecular weight excluding hydrogens is 285 g/mol. The third kappa shape index (κ3) is 2.83. The monoisotopic (exact) mass is 290 g/mol. The number of thioether (sulfide) groups is 1. The van der Waals surface area contributed by atoms with Crippen LogP contribution in [0.2, 0.25) is 0 Å². The fourth-order valence-corrected chi connectivity index (χ4v) is 3.63. The lowest BCUT2D eigenvalue weighted by atomic mass is 10.2. The van der Waals surface area contributed by atoms with Crippen LogP contribution < -0.4 is 0 Å². The molecule has 0 unspecified atom stereocenters. The van der Waals surface area contributed by atoms with Crippen molar-refractivity contribution in [1.82, 2.24) is 0 Å². The van der Waals surface area contributed by atoms with Crippen molar-refractivity contribution in [3.05, 3.63) is 23.8 Å². The van der Waals surface area contributed by atoms with Gasteiger partial charge in [-0.15, -0.1) is 11.8 Å². The van der Waals surface area contributed by atoms with Crippen molar-refractivity contribution in [2.75, 3.05) is 6.26 Å². The highest BCUT2D eigenvalue weighted by Gasteiger charge is 2.37. The molecule has 0 saturated heterocycles. The normalized spacial score (nSPS) is 12.8. The predicted octanol–water partition coefficient (Wildman–Crippen LogP) is 3.35. The van der Waals surface area contributed by atoms with Crippen molar-refractivity contribution in [2.45, 2.75) is 16.0 Å². The Morgan fingerprint density at radius 2 is 1.88 bits per heavy atom. The molecule has 0 fully saturated rings. The van der Waals surface area contributed by atoms with Crippen LogP contribution in [0.1, 0.15) is 5.56 Å². The molecule has 0 radical (unpaired) electrons. The van der Waals surface area contributed by atoms with Crippen molar-refractivity contribution in [3.8, 4) is 0 Å². The van der Waals surface area contributed by atoms with Crippen LogP contribution in [0.3, 0.4) is 0 Å². The minimum absolute atomic E-state index is 0.0233. The zero-order valence-corrected chi connectivity index (χ0v) is 10.3. The van der Waals surface area contributed by atoms with Gasteiger partial charge in [0.05, 0.1) is 5.56 Å². The van der Waals surface area contributed by atoms with E-state index in [4.69, 9.17) is 10.7 Å². The number of hydrogen-bond acceptors (Lipinski definition) is 3. The molecule has 0 aliphatic carbocycles. The third-order valence-electron chi connectivity index (χ3n) is 1.75. The smallest absolute Gasteiger partial charge is 0.207 e. The van der Waals surface area contributed by atoms with Gasteiger partial charge in [-0.05, 0) is 18.4 Å². The predicted molar refractivity (Wildman–Crippen MR) is 56.3 cm³/mol. The van der Waals surface area contributed by atoms with E-state index in [9.17, 15) is 21.6 Å². The van der Waals surface area contributed by atoms with Gasteiger partial charge in [0.2, 0.25) is 0 Å². The van der Waals surface area contributed by atoms with E-state index in [1.165, 1.54) is 12.3 Å². The van der Waals surface area contributed by atoms with Gasteiger partial charge in [0, 0.05) is 15.6 Å². The van der Waals surface area contributed by atoms with E-state index >= 15 is 0 Å². The largest absolute Gasteiger partial charge is 0.417 e. The fraction of sp³-hybridized carbons (Fsp3) is 0.250. The number of alkyl halides is 3. The van der Waals surface area contributed by atoms with Gasteiger partial charge in [-0.2, -0.15) is 13.2 Å². The molecule has 1 aromatic carbocycles. The van der Waals surface area contributed by atoms with E-state index in [0.717, 1.165) is 17.8 Å². The van der Waals surface area contributed by atoms with Gasteiger partial charge in [0.25, 0.3) is 9.05 Å². The second-order valence-corrected chi connectivity index (χ2v) is 6.12. The lowest BCUT2D eigenvalue weighted by Gasteiger charge is -2.13. The number of halogens is 4. The van der Waals surface area contributed by atoms with E-state index in [2.05, 4.69) is 0 Å². The van der Waals surface area contributed by atoms with E-state index in [-0.39, 0.29) is 4.90 Å². The summed E-state index contributed by atoms with van der Waals surface area (Å²) in [7, 11) is 0.585. The molecule has 0 spiro atoms. The van der Waals surface area contributed by atoms with Crippen LogP contribution in [0.4, 0.5) is 13.2 Å². The molecule has 0 aliphatic heterocycles. The minimum Gasteiger partial charge on any atom is -0.207 e. The van der Waals surface area contributed by atoms with Gasteiger partial charge in [0.1, 0.15) is 4.90 Å². The lowest BCUT2D eigenvalue weighted by molar-refractivity contribution is -0.140. The number of rotatable bonds is 2. The summed E-state index contributed by atoms with van der Waals surface area (Å²) in [5.74, 6) is 0. The molecule has 0 aliphatic rings. The van der Waals surface area contributed by atoms with Gasteiger partial charge in [0.15, 0.2) is 0 Å². The molecule has 16 heavy (non-hydrogen) atoms. The number of hydrogen-bond donors (Lipinski definition) is 0. The maximum Gasteiger partial charge on any atom is 0.417 e. The molecule has 0 atom stereocenters. The van der Waals surface area contributed by atoms with Crippen molar-refractivity contribution in [1.29, 1.82) is 0 Å². The number of benzene rings is 1. The van der Waals surface area contributed by atoms with Crippen LogP contribution in [-0.4, -0.2) is 14.7 Å². The second kappa shape index (κ2) is 4.46. The fourth-order valence-electron chi connectivity index (χ4n) is 1.15. The summed E-state index contributed by atoms with van der Waals surface area (Å²) < 4.78 is 60.0. The molecule has 0 aromatic heterocycles. The molecule has 8 heteroatoms. The summed E-state index contributed by atoms with van der Waals surface area (Å²) >= 11 is 0.889. The van der Waals surface area contributed by atoms with Crippen LogP contribution in [-0.2, 0) is 15.2 Å². The first-order valence-electron chi connectivity index (χ1n) is 3.87. The van der Waals surface area contributed by atoms with Gasteiger partial charge in [-0.25, -0.2) is 8.42 Å². The zero-order valence-electron chi connectivity index (χ0n) is 7.88. The highest BCUT2D eigenvalue weighted by Crippen LogP contribution is 2.39. The van der Waals surface area contributed by atoms with Crippen molar-refractivity contribution in [2.24, 2.45) is 0 Å². The summed E-state index contributed by atoms with van der Waals surface area (Å²) in [4.78, 5) is -0.901. The Bertz CT molecular complexity index is 496. The first-order chi connectivity index (χ1) is 7.18. The van der Waals surface area contributed by atoms with E-state index in [1.807, 2.05) is 0 Å². The SMILES string of the molecule is CSc1cccc(C(F)(F)F)c1S(=O)(=O)Cl. The van der Waals surface area contributed by atoms with Gasteiger partial charge >= 0.3 is 6.18 Å². The first kappa shape index (κ1) is 13.7. The summed E-state index contributed by atoms with van der Waals surface area (Å²) in [5.41, 5.74) is -1.24. The minimum atomic E-state index is -4.75. The zero-order chi connectivity index (χ0) is 12.6. The molecule has 1 rings (SSSR count). The second-order valence-electron chi connectivity index (χ2n) is 2.77. The van der Waals surface area contributed by atoms with Crippen molar-refractivity contribution in [3.63, 3.8) is 0 Å². The Balaban J connectivity index is 3.65. The Labute approximate surface area is 99.2 Å². The standard InChI is InChI=1S/C8H6ClF3O2S2/c1-15-6-4-2-3-5(8(10,11)12)7(6)16(9,13)14/h2-4H,1H3. The highest BCUT2D eigenvalue weighted by molar-refractivity contribution is 8.14. The summed E-state index contributed by atoms with van der Waals surface area (Å²) in [5, 5.41) is 0. The Hall–Kier alpha value is -0.400. The molecular formula is C8H6ClF3O2S2. The van der Waals surface area contributed by atoms with Crippen LogP contribution >= 0.6 is 22.4 Å². The summed E-state index contributed by atoms with van der Waals surface area (Å²) in [6.45, 7) is 0. The quantitative estimate of drug-likeness (QED) is 0.619. The first-order valence-corrected chi connectivity index (χ1v) is 7.40. The molecule has 0 N–H and O–H groups in total. The summed E-state index contributed by atoms with van der Waals surface area (Å²) in [6.07, 6.45) is -3.27. The molecule has 0 bridgehead atoms. The average molecular weight is 291 g/mol. The van der Waals surface area contributed by atoms with Crippen molar-refractivity contribution >= 4 is 31.5 Å². The average Bonchev–Trinajstić information content (AvgIpc) is 2.13. The Kier molecular flexibility index (Phi) is 3.81. The van der Waals surface area contributed by atoms with Crippen LogP contribution in [0, 0.1) is 0 Å². The molecule has 0 heterocycles. The Morgan fingerprint density at radius 1 is 1.31 bits per heavy atom. The maximum atomic E-state index is 12.6. The van der Waals surface area contributed by atoms with Gasteiger partial charge in [-0.3, -0.25) is 0 Å². The molecule has 1 aromatic rings. The lowest BCUT2D eigenvalue weighted by Crippen LogP contribution is -2.11. The van der Waals surface area contributed by atoms with Crippen molar-refractivity contribution < 1.29 is 21.6 Å². The highest BCUT2D eigenvalue weighted by atomic mass is 35.7. The topological polar surface area (TPSA) is 34.1 Å². The van der Waals surface area contributed by atoms with E-state index in [0.29, 0.717) is 6.07 Å². The third-order valence-corrected chi connectivity index (χ3v) is 4.05. The Morgan fingerprint density at radius 3 is 2.25 bits per heavy atom. The molecule has 0 amide bonds. The maximum absolute atomic E-state index is 12.6.